The lowest BCUT2D eigenvalue weighted by Crippen LogP contribution is -2.14. The van der Waals surface area contributed by atoms with Gasteiger partial charge in [-0.25, -0.2) is 4.79 Å². The van der Waals surface area contributed by atoms with Crippen LogP contribution < -0.4 is 14.2 Å². The van der Waals surface area contributed by atoms with Crippen LogP contribution in [0.2, 0.25) is 0 Å². The van der Waals surface area contributed by atoms with Crippen LogP contribution in [0.5, 0.6) is 23.0 Å². The molecule has 1 N–H and O–H groups in total. The average molecular weight is 539 g/mol. The maximum absolute atomic E-state index is 10.3. The zero-order valence-electron chi connectivity index (χ0n) is 21.1. The van der Waals surface area contributed by atoms with Gasteiger partial charge in [-0.15, -0.1) is 11.3 Å². The number of carbonyl (C=O) groups is 1. The highest BCUT2D eigenvalue weighted by Gasteiger charge is 2.17. The minimum Gasteiger partial charge on any atom is -0.497 e. The summed E-state index contributed by atoms with van der Waals surface area (Å²) in [4.78, 5) is 11.4. The highest BCUT2D eigenvalue weighted by molar-refractivity contribution is 7.22. The van der Waals surface area contributed by atoms with E-state index >= 15 is 0 Å². The van der Waals surface area contributed by atoms with E-state index in [0.29, 0.717) is 38.8 Å². The molecule has 1 aromatic heterocycles. The quantitative estimate of drug-likeness (QED) is 0.177. The number of benzene rings is 3. The van der Waals surface area contributed by atoms with Crippen LogP contribution in [0, 0.1) is 0 Å². The normalized spacial score (nSPS) is 11.0. The highest BCUT2D eigenvalue weighted by atomic mass is 32.1. The van der Waals surface area contributed by atoms with Gasteiger partial charge in [0.1, 0.15) is 30.5 Å². The Balaban J connectivity index is 1.27. The van der Waals surface area contributed by atoms with Gasteiger partial charge in [0.2, 0.25) is 0 Å². The van der Waals surface area contributed by atoms with Crippen molar-refractivity contribution in [2.24, 2.45) is 0 Å². The monoisotopic (exact) mass is 538 g/mol. The molecule has 0 unspecified atom stereocenters. The predicted octanol–water partition coefficient (Wildman–Crippen LogP) is 5.88. The van der Waals surface area contributed by atoms with Gasteiger partial charge < -0.3 is 33.5 Å². The van der Waals surface area contributed by atoms with E-state index in [1.165, 1.54) is 0 Å². The Morgan fingerprint density at radius 3 is 2.08 bits per heavy atom. The van der Waals surface area contributed by atoms with Gasteiger partial charge in [-0.1, -0.05) is 30.3 Å². The Bertz CT molecular complexity index is 1290. The molecule has 0 radical (unpaired) electrons. The second kappa shape index (κ2) is 14.3. The van der Waals surface area contributed by atoms with Crippen molar-refractivity contribution in [2.75, 3.05) is 53.4 Å². The summed E-state index contributed by atoms with van der Waals surface area (Å²) < 4.78 is 34.3. The molecule has 0 aliphatic rings. The van der Waals surface area contributed by atoms with Gasteiger partial charge >= 0.3 is 5.97 Å². The average Bonchev–Trinajstić information content (AvgIpc) is 3.30. The first-order chi connectivity index (χ1) is 18.6. The van der Waals surface area contributed by atoms with E-state index in [1.807, 2.05) is 60.7 Å². The Morgan fingerprint density at radius 1 is 0.763 bits per heavy atom. The van der Waals surface area contributed by atoms with E-state index in [4.69, 9.17) is 33.5 Å². The molecule has 0 spiro atoms. The number of carboxylic acids is 1. The Kier molecular flexibility index (Phi) is 10.3. The first kappa shape index (κ1) is 27.4. The molecule has 0 aliphatic heterocycles. The van der Waals surface area contributed by atoms with Crippen LogP contribution in [0.3, 0.4) is 0 Å². The number of aliphatic carboxylic acids is 1. The van der Waals surface area contributed by atoms with Crippen LogP contribution >= 0.6 is 11.3 Å². The van der Waals surface area contributed by atoms with Gasteiger partial charge in [0, 0.05) is 10.1 Å². The number of methoxy groups -OCH3 is 1. The lowest BCUT2D eigenvalue weighted by molar-refractivity contribution is -0.142. The number of ether oxygens (including phenoxy) is 6. The molecule has 0 saturated carbocycles. The molecule has 200 valence electrons. The van der Waals surface area contributed by atoms with Crippen molar-refractivity contribution in [3.05, 3.63) is 72.8 Å². The maximum atomic E-state index is 10.3. The molecule has 0 atom stereocenters. The molecule has 0 amide bonds. The van der Waals surface area contributed by atoms with E-state index in [-0.39, 0.29) is 13.2 Å². The van der Waals surface area contributed by atoms with E-state index in [0.717, 1.165) is 37.8 Å². The molecule has 0 saturated heterocycles. The predicted molar refractivity (Wildman–Crippen MR) is 146 cm³/mol. The van der Waals surface area contributed by atoms with Crippen LogP contribution in [0.4, 0.5) is 0 Å². The Morgan fingerprint density at radius 2 is 1.39 bits per heavy atom. The summed E-state index contributed by atoms with van der Waals surface area (Å²) in [5.74, 6) is 2.06. The summed E-state index contributed by atoms with van der Waals surface area (Å²) in [5, 5.41) is 9.51. The molecular formula is C29H30O8S. The topological polar surface area (TPSA) is 92.7 Å². The third kappa shape index (κ3) is 7.93. The van der Waals surface area contributed by atoms with Crippen LogP contribution in [0.1, 0.15) is 0 Å². The highest BCUT2D eigenvalue weighted by Crippen LogP contribution is 2.47. The van der Waals surface area contributed by atoms with Gasteiger partial charge in [0.15, 0.2) is 5.75 Å². The molecule has 38 heavy (non-hydrogen) atoms. The van der Waals surface area contributed by atoms with E-state index in [1.54, 1.807) is 18.4 Å². The number of hydrogen-bond donors (Lipinski definition) is 1. The van der Waals surface area contributed by atoms with Crippen LogP contribution in [0.25, 0.3) is 20.5 Å². The van der Waals surface area contributed by atoms with E-state index < -0.39 is 5.97 Å². The summed E-state index contributed by atoms with van der Waals surface area (Å²) in [5.41, 5.74) is 1.10. The molecular weight excluding hydrogens is 508 g/mol. The molecule has 0 fully saturated rings. The summed E-state index contributed by atoms with van der Waals surface area (Å²) in [6.45, 7) is 1.87. The second-order valence-electron chi connectivity index (χ2n) is 8.08. The number of carboxylic acid groups (broad SMARTS) is 1. The van der Waals surface area contributed by atoms with Crippen molar-refractivity contribution in [3.8, 4) is 33.4 Å². The van der Waals surface area contributed by atoms with Crippen molar-refractivity contribution in [3.63, 3.8) is 0 Å². The first-order valence-electron chi connectivity index (χ1n) is 12.2. The molecule has 4 rings (SSSR count). The molecule has 0 bridgehead atoms. The largest absolute Gasteiger partial charge is 0.497 e. The minimum atomic E-state index is -0.995. The van der Waals surface area contributed by atoms with Crippen LogP contribution in [-0.2, 0) is 19.0 Å². The fraction of sp³-hybridized carbons (Fsp3) is 0.276. The third-order valence-corrected chi connectivity index (χ3v) is 6.58. The lowest BCUT2D eigenvalue weighted by Gasteiger charge is -2.10. The standard InChI is InChI=1S/C29H30O8S/c1-32-24-11-12-25-26(19-24)38-29(21-5-3-2-4-6-21)28(25)37-23-9-7-22(8-10-23)36-18-17-34-14-13-33-15-16-35-20-27(30)31/h2-12,19H,13-18,20H2,1H3,(H,30,31). The fourth-order valence-electron chi connectivity index (χ4n) is 3.60. The lowest BCUT2D eigenvalue weighted by atomic mass is 10.1. The fourth-order valence-corrected chi connectivity index (χ4v) is 4.76. The molecule has 3 aromatic carbocycles. The van der Waals surface area contributed by atoms with Gasteiger partial charge in [0.25, 0.3) is 0 Å². The minimum absolute atomic E-state index is 0.236. The molecule has 9 heteroatoms. The zero-order valence-corrected chi connectivity index (χ0v) is 21.9. The van der Waals surface area contributed by atoms with Crippen molar-refractivity contribution in [1.29, 1.82) is 0 Å². The smallest absolute Gasteiger partial charge is 0.329 e. The van der Waals surface area contributed by atoms with Crippen molar-refractivity contribution in [1.82, 2.24) is 0 Å². The number of fused-ring (bicyclic) bond motifs is 1. The maximum Gasteiger partial charge on any atom is 0.329 e. The molecule has 8 nitrogen and oxygen atoms in total. The summed E-state index contributed by atoms with van der Waals surface area (Å²) >= 11 is 1.67. The zero-order chi connectivity index (χ0) is 26.6. The second-order valence-corrected chi connectivity index (χ2v) is 9.13. The van der Waals surface area contributed by atoms with Gasteiger partial charge in [0.05, 0.1) is 45.0 Å². The summed E-state index contributed by atoms with van der Waals surface area (Å²) in [6, 6.07) is 23.7. The van der Waals surface area contributed by atoms with E-state index in [9.17, 15) is 4.79 Å². The molecule has 1 heterocycles. The number of hydrogen-bond acceptors (Lipinski definition) is 8. The van der Waals surface area contributed by atoms with Crippen LogP contribution in [0.15, 0.2) is 72.8 Å². The number of thiophene rings is 1. The van der Waals surface area contributed by atoms with Crippen molar-refractivity contribution in [2.45, 2.75) is 0 Å². The van der Waals surface area contributed by atoms with Gasteiger partial charge in [-0.2, -0.15) is 0 Å². The van der Waals surface area contributed by atoms with Crippen LogP contribution in [-0.4, -0.2) is 64.4 Å². The first-order valence-corrected chi connectivity index (χ1v) is 13.0. The molecule has 4 aromatic rings. The SMILES string of the molecule is COc1ccc2c(Oc3ccc(OCCOCCOCCOCC(=O)O)cc3)c(-c3ccccc3)sc2c1. The van der Waals surface area contributed by atoms with E-state index in [2.05, 4.69) is 12.1 Å². The van der Waals surface area contributed by atoms with Crippen molar-refractivity contribution < 1.29 is 38.3 Å². The Hall–Kier alpha value is -3.63. The molecule has 0 aliphatic carbocycles. The third-order valence-electron chi connectivity index (χ3n) is 5.40. The van der Waals surface area contributed by atoms with Crippen molar-refractivity contribution >= 4 is 27.4 Å². The van der Waals surface area contributed by atoms with Gasteiger partial charge in [-0.3, -0.25) is 0 Å². The summed E-state index contributed by atoms with van der Waals surface area (Å²) in [6.07, 6.45) is 0. The van der Waals surface area contributed by atoms with Gasteiger partial charge in [-0.05, 0) is 48.0 Å². The Labute approximate surface area is 225 Å². The number of rotatable bonds is 16. The summed E-state index contributed by atoms with van der Waals surface area (Å²) in [7, 11) is 1.67.